The minimum Gasteiger partial charge on any atom is -0.445 e. The fourth-order valence-electron chi connectivity index (χ4n) is 10.7. The largest absolute Gasteiger partial charge is 0.445 e. The summed E-state index contributed by atoms with van der Waals surface area (Å²) in [5.41, 5.74) is 9.40. The molecule has 5 aliphatic rings. The highest BCUT2D eigenvalue weighted by molar-refractivity contribution is 5.95. The van der Waals surface area contributed by atoms with Crippen LogP contribution in [0, 0.1) is 0 Å². The summed E-state index contributed by atoms with van der Waals surface area (Å²) >= 11 is 0. The molecule has 5 aliphatic heterocycles. The molecule has 0 radical (unpaired) electrons. The number of likely N-dealkylation sites (tertiary alicyclic amines) is 2. The molecule has 494 valence electrons. The van der Waals surface area contributed by atoms with E-state index in [2.05, 4.69) is 63.4 Å². The summed E-state index contributed by atoms with van der Waals surface area (Å²) < 4.78 is 19.8. The van der Waals surface area contributed by atoms with Crippen LogP contribution in [-0.2, 0) is 38.2 Å². The number of piperidine rings is 2. The van der Waals surface area contributed by atoms with Gasteiger partial charge < -0.3 is 64.3 Å². The van der Waals surface area contributed by atoms with Crippen LogP contribution in [0.5, 0.6) is 0 Å². The number of carbonyl (C=O) groups excluding carboxylic acids is 4. The standard InChI is InChI=1S/C23H30N2O2.C22H28N2O2.C18H19NO2.C8H13NO3.C4H9NO/c1-24(17-22(26)18-25-14-6-3-7-15-25)23(27)21-12-10-20(11-13-21)16-19-8-4-2-5-9-19;25-21(17-24-13-5-2-6-14-24)16-23-22(26)20-11-9-19(10-12-20)15-18-7-3-1-4-8-18;1-19(12-17-13-21-17)18(20)16-9-7-15(8-10-16)11-14-5-3-2-4-6-14;1-3-4-11-8(10)9(2)5-7-6-12-7;1-5-2-4-3-6-4/h2,4-5,8-13,22,26H,3,6-7,14-18H2,1H3;1,3-4,7-12,21,25H,2,5-6,13-17H2,(H,23,26);2-10,17H,11-13H2,1H3;3,7H,1,4-6H2,2H3;4-5H,2-3H2,1H3. The molecule has 5 atom stereocenters. The second kappa shape index (κ2) is 39.7. The number of carbonyl (C=O) groups is 4. The number of hydrogen-bond donors (Lipinski definition) is 4. The van der Waals surface area contributed by atoms with E-state index in [4.69, 9.17) is 18.9 Å². The molecule has 4 N–H and O–H groups in total. The summed E-state index contributed by atoms with van der Waals surface area (Å²) in [6, 6.07) is 54.3. The second-order valence-electron chi connectivity index (χ2n) is 24.4. The summed E-state index contributed by atoms with van der Waals surface area (Å²) in [4.78, 5) is 57.7. The molecule has 17 heteroatoms. The molecule has 5 fully saturated rings. The van der Waals surface area contributed by atoms with Gasteiger partial charge in [0.2, 0.25) is 0 Å². The van der Waals surface area contributed by atoms with Gasteiger partial charge in [-0.25, -0.2) is 4.79 Å². The lowest BCUT2D eigenvalue weighted by molar-refractivity contribution is 0.0560. The Balaban J connectivity index is 0.000000173. The van der Waals surface area contributed by atoms with Crippen molar-refractivity contribution in [2.24, 2.45) is 0 Å². The SMILES string of the molecule is C=CCOC(=O)N(C)CC1CO1.CN(CC(O)CN1CCCCC1)C(=O)c1ccc(Cc2ccccc2)cc1.CN(CC1CO1)C(=O)c1ccc(Cc2ccccc2)cc1.CNCC1CO1.O=C(NCC(O)CN1CCCCC1)c1ccc(Cc2ccccc2)cc1. The number of likely N-dealkylation sites (N-methyl/N-ethyl adjacent to an activating group) is 4. The molecule has 5 saturated heterocycles. The Morgan fingerprint density at radius 2 is 0.891 bits per heavy atom. The van der Waals surface area contributed by atoms with Crippen LogP contribution in [0.1, 0.15) is 103 Å². The van der Waals surface area contributed by atoms with E-state index in [1.807, 2.05) is 141 Å². The van der Waals surface area contributed by atoms with Gasteiger partial charge in [0.15, 0.2) is 0 Å². The molecular weight excluding hydrogens is 1160 g/mol. The Labute approximate surface area is 546 Å². The lowest BCUT2D eigenvalue weighted by Crippen LogP contribution is -2.42. The molecule has 11 rings (SSSR count). The predicted octanol–water partition coefficient (Wildman–Crippen LogP) is 9.04. The summed E-state index contributed by atoms with van der Waals surface area (Å²) in [6.45, 7) is 14.6. The smallest absolute Gasteiger partial charge is 0.409 e. The molecule has 5 heterocycles. The molecule has 6 aromatic carbocycles. The predicted molar refractivity (Wildman–Crippen MR) is 363 cm³/mol. The maximum atomic E-state index is 12.6. The molecule has 0 spiro atoms. The van der Waals surface area contributed by atoms with Crippen molar-refractivity contribution >= 4 is 23.8 Å². The number of rotatable bonds is 25. The van der Waals surface area contributed by atoms with E-state index in [1.54, 1.807) is 30.0 Å². The monoisotopic (exact) mass is 1260 g/mol. The highest BCUT2D eigenvalue weighted by Gasteiger charge is 2.28. The van der Waals surface area contributed by atoms with Gasteiger partial charge >= 0.3 is 6.09 Å². The Morgan fingerprint density at radius 1 is 0.522 bits per heavy atom. The molecule has 4 amide bonds. The molecule has 17 nitrogen and oxygen atoms in total. The first kappa shape index (κ1) is 71.9. The van der Waals surface area contributed by atoms with Crippen LogP contribution >= 0.6 is 0 Å². The minimum absolute atomic E-state index is 0.0426. The average molecular weight is 1260 g/mol. The number of nitrogens with zero attached hydrogens (tertiary/aromatic N) is 5. The number of aliphatic hydroxyl groups excluding tert-OH is 2. The number of nitrogens with one attached hydrogen (secondary N) is 2. The topological polar surface area (TPSA) is 196 Å². The van der Waals surface area contributed by atoms with Crippen LogP contribution in [0.25, 0.3) is 0 Å². The molecule has 92 heavy (non-hydrogen) atoms. The molecule has 0 aliphatic carbocycles. The van der Waals surface area contributed by atoms with Crippen molar-refractivity contribution in [2.75, 3.05) is 127 Å². The van der Waals surface area contributed by atoms with Gasteiger partial charge in [0.25, 0.3) is 17.7 Å². The number of epoxide rings is 3. The lowest BCUT2D eigenvalue weighted by Gasteiger charge is -2.30. The Morgan fingerprint density at radius 3 is 1.27 bits per heavy atom. The summed E-state index contributed by atoms with van der Waals surface area (Å²) in [7, 11) is 7.20. The van der Waals surface area contributed by atoms with Crippen LogP contribution in [0.4, 0.5) is 4.79 Å². The van der Waals surface area contributed by atoms with E-state index in [0.29, 0.717) is 56.5 Å². The van der Waals surface area contributed by atoms with Gasteiger partial charge in [0, 0.05) is 77.1 Å². The third-order valence-electron chi connectivity index (χ3n) is 16.1. The summed E-state index contributed by atoms with van der Waals surface area (Å²) in [5.74, 6) is -0.121. The second-order valence-corrected chi connectivity index (χ2v) is 24.4. The molecule has 0 saturated carbocycles. The van der Waals surface area contributed by atoms with E-state index in [1.165, 1.54) is 76.8 Å². The number of benzene rings is 6. The van der Waals surface area contributed by atoms with Gasteiger partial charge in [-0.3, -0.25) is 14.4 Å². The lowest BCUT2D eigenvalue weighted by atomic mass is 10.0. The van der Waals surface area contributed by atoms with E-state index in [-0.39, 0.29) is 42.6 Å². The minimum atomic E-state index is -0.519. The van der Waals surface area contributed by atoms with Crippen molar-refractivity contribution in [2.45, 2.75) is 88.3 Å². The first-order chi connectivity index (χ1) is 44.7. The molecule has 0 aromatic heterocycles. The molecule has 0 bridgehead atoms. The maximum absolute atomic E-state index is 12.6. The number of β-amino-alcohol motifs (C(OH)–C–C–N with tert-alkyl or cyclic N) is 2. The van der Waals surface area contributed by atoms with E-state index >= 15 is 0 Å². The van der Waals surface area contributed by atoms with Gasteiger partial charge in [-0.05, 0) is 148 Å². The van der Waals surface area contributed by atoms with Crippen molar-refractivity contribution in [1.29, 1.82) is 0 Å². The number of ether oxygens (including phenoxy) is 4. The fourth-order valence-corrected chi connectivity index (χ4v) is 10.7. The normalized spacial score (nSPS) is 17.7. The fraction of sp³-hybridized carbons (Fsp3) is 0.440. The van der Waals surface area contributed by atoms with Crippen molar-refractivity contribution in [1.82, 2.24) is 35.1 Å². The highest BCUT2D eigenvalue weighted by atomic mass is 16.6. The molecule has 5 unspecified atom stereocenters. The molecular formula is C75H99N7O10. The zero-order valence-corrected chi connectivity index (χ0v) is 54.6. The van der Waals surface area contributed by atoms with Crippen molar-refractivity contribution in [3.05, 3.63) is 227 Å². The van der Waals surface area contributed by atoms with Crippen molar-refractivity contribution in [3.8, 4) is 0 Å². The Bertz CT molecular complexity index is 3060. The van der Waals surface area contributed by atoms with Crippen molar-refractivity contribution in [3.63, 3.8) is 0 Å². The van der Waals surface area contributed by atoms with Crippen LogP contribution in [0.15, 0.2) is 176 Å². The summed E-state index contributed by atoms with van der Waals surface area (Å²) in [5, 5.41) is 26.3. The van der Waals surface area contributed by atoms with Gasteiger partial charge in [0.05, 0.1) is 56.9 Å². The Hall–Kier alpha value is -7.58. The molecule has 6 aromatic rings. The maximum Gasteiger partial charge on any atom is 0.409 e. The Kier molecular flexibility index (Phi) is 31.0. The number of amides is 4. The summed E-state index contributed by atoms with van der Waals surface area (Å²) in [6.07, 6.45) is 11.2. The van der Waals surface area contributed by atoms with Crippen LogP contribution in [-0.4, -0.2) is 216 Å². The van der Waals surface area contributed by atoms with E-state index in [9.17, 15) is 29.4 Å². The van der Waals surface area contributed by atoms with Crippen molar-refractivity contribution < 1.29 is 48.3 Å². The van der Waals surface area contributed by atoms with Gasteiger partial charge in [0.1, 0.15) is 6.61 Å². The van der Waals surface area contributed by atoms with Gasteiger partial charge in [-0.15, -0.1) is 0 Å². The number of hydrogen-bond acceptors (Lipinski definition) is 13. The first-order valence-corrected chi connectivity index (χ1v) is 32.7. The third-order valence-corrected chi connectivity index (χ3v) is 16.1. The van der Waals surface area contributed by atoms with Gasteiger partial charge in [-0.2, -0.15) is 0 Å². The van der Waals surface area contributed by atoms with E-state index in [0.717, 1.165) is 77.4 Å². The first-order valence-electron chi connectivity index (χ1n) is 32.7. The highest BCUT2D eigenvalue weighted by Crippen LogP contribution is 2.18. The zero-order chi connectivity index (χ0) is 65.3. The van der Waals surface area contributed by atoms with Crippen LogP contribution in [0.2, 0.25) is 0 Å². The quantitative estimate of drug-likeness (QED) is 0.0314. The number of aliphatic hydroxyl groups is 2. The third kappa shape index (κ3) is 28.1. The average Bonchev–Trinajstić information content (AvgIpc) is 2.48. The zero-order valence-electron chi connectivity index (χ0n) is 54.6. The van der Waals surface area contributed by atoms with Crippen LogP contribution in [0.3, 0.4) is 0 Å². The van der Waals surface area contributed by atoms with Gasteiger partial charge in [-0.1, -0.05) is 153 Å². The van der Waals surface area contributed by atoms with E-state index < -0.39 is 12.2 Å². The van der Waals surface area contributed by atoms with Crippen LogP contribution < -0.4 is 10.6 Å².